The number of phosphoric acid groups is 1. The van der Waals surface area contributed by atoms with Crippen molar-refractivity contribution in [3.05, 3.63) is 122 Å². The van der Waals surface area contributed by atoms with Crippen LogP contribution in [0.2, 0.25) is 0 Å². The van der Waals surface area contributed by atoms with Gasteiger partial charge in [0.05, 0.1) is 39.9 Å². The van der Waals surface area contributed by atoms with E-state index in [4.69, 9.17) is 9.05 Å². The quantitative estimate of drug-likeness (QED) is 0.0272. The molecule has 0 rings (SSSR count). The lowest BCUT2D eigenvalue weighted by Gasteiger charge is -2.29. The highest BCUT2D eigenvalue weighted by atomic mass is 31.2. The number of amides is 1. The standard InChI is InChI=1S/C71H125N2O6P/c1-6-8-10-12-14-16-18-20-22-24-26-27-28-29-30-31-32-33-34-35-36-37-38-39-40-41-42-43-44-45-47-49-51-53-55-57-59-61-63-65-71(75)72-69(68-79-80(76,77)78-67-66-73(3,4)5)70(74)64-62-60-58-56-54-52-50-48-46-25-23-21-19-17-15-13-11-9-7-2/h8,10,14,16,20,22,26-27,29-30,32-33,35-36,46,48,54,56,62,64,69-70,74H,6-7,9,11-13,15,17-19,21,23-25,28,31,34,37-45,47,49-53,55,57-61,63,65-68H2,1-5H3,(H-,72,75,76,77)/b10-8-,16-14-,22-20-,27-26-,30-29-,33-32-,36-35-,48-46+,56-54+,64-62+. The van der Waals surface area contributed by atoms with Crippen LogP contribution in [0.5, 0.6) is 0 Å². The number of nitrogens with zero attached hydrogens (tertiary/aromatic N) is 1. The highest BCUT2D eigenvalue weighted by molar-refractivity contribution is 7.45. The molecule has 0 aliphatic carbocycles. The fraction of sp³-hybridized carbons (Fsp3) is 0.704. The Morgan fingerprint density at radius 3 is 1.16 bits per heavy atom. The molecular weight excluding hydrogens is 1010 g/mol. The van der Waals surface area contributed by atoms with Crippen LogP contribution in [0.3, 0.4) is 0 Å². The predicted molar refractivity (Wildman–Crippen MR) is 348 cm³/mol. The average molecular weight is 1130 g/mol. The third-order valence-corrected chi connectivity index (χ3v) is 15.1. The van der Waals surface area contributed by atoms with Crippen molar-refractivity contribution in [2.45, 2.75) is 283 Å². The van der Waals surface area contributed by atoms with Crippen molar-refractivity contribution in [3.8, 4) is 0 Å². The van der Waals surface area contributed by atoms with Gasteiger partial charge in [-0.2, -0.15) is 0 Å². The number of carbonyl (C=O) groups excluding carboxylic acids is 1. The Bertz CT molecular complexity index is 1720. The van der Waals surface area contributed by atoms with Crippen LogP contribution in [0.1, 0.15) is 271 Å². The molecule has 0 aromatic rings. The van der Waals surface area contributed by atoms with Crippen LogP contribution in [-0.2, 0) is 18.4 Å². The topological polar surface area (TPSA) is 108 Å². The van der Waals surface area contributed by atoms with Crippen molar-refractivity contribution in [1.82, 2.24) is 5.32 Å². The summed E-state index contributed by atoms with van der Waals surface area (Å²) >= 11 is 0. The zero-order chi connectivity index (χ0) is 58.4. The lowest BCUT2D eigenvalue weighted by atomic mass is 10.0. The van der Waals surface area contributed by atoms with E-state index in [1.165, 1.54) is 161 Å². The summed E-state index contributed by atoms with van der Waals surface area (Å²) in [6.45, 7) is 4.51. The number of aliphatic hydroxyl groups is 1. The molecule has 0 aromatic carbocycles. The van der Waals surface area contributed by atoms with Gasteiger partial charge in [0.15, 0.2) is 0 Å². The number of carbonyl (C=O) groups is 1. The third kappa shape index (κ3) is 62.5. The van der Waals surface area contributed by atoms with E-state index >= 15 is 0 Å². The molecule has 2 N–H and O–H groups in total. The molecule has 3 unspecified atom stereocenters. The van der Waals surface area contributed by atoms with Crippen molar-refractivity contribution < 1.29 is 32.9 Å². The Hall–Kier alpha value is -3.10. The minimum Gasteiger partial charge on any atom is -0.756 e. The zero-order valence-electron chi connectivity index (χ0n) is 52.5. The van der Waals surface area contributed by atoms with E-state index in [0.717, 1.165) is 89.9 Å². The van der Waals surface area contributed by atoms with Crippen LogP contribution >= 0.6 is 7.82 Å². The molecule has 80 heavy (non-hydrogen) atoms. The van der Waals surface area contributed by atoms with Crippen molar-refractivity contribution in [2.75, 3.05) is 40.9 Å². The van der Waals surface area contributed by atoms with Crippen LogP contribution in [-0.4, -0.2) is 68.5 Å². The Balaban J connectivity index is 4.08. The maximum atomic E-state index is 13.0. The number of unbranched alkanes of at least 4 members (excludes halogenated alkanes) is 28. The molecule has 0 aromatic heterocycles. The van der Waals surface area contributed by atoms with Crippen LogP contribution in [0.15, 0.2) is 122 Å². The zero-order valence-corrected chi connectivity index (χ0v) is 53.4. The van der Waals surface area contributed by atoms with Gasteiger partial charge in [0, 0.05) is 6.42 Å². The Morgan fingerprint density at radius 2 is 0.775 bits per heavy atom. The SMILES string of the molecule is CC/C=C\C/C=C\C/C=C\C/C=C\C/C=C\C/C=C\C/C=C\CCCCCCCCCCCCCCCCCCCC(=O)NC(COP(=O)([O-])OCC[N+](C)(C)C)C(O)/C=C/CC/C=C/CC/C=C/CCCCCCCCCCC. The monoisotopic (exact) mass is 1130 g/mol. The first-order valence-electron chi connectivity index (χ1n) is 32.9. The molecule has 0 heterocycles. The lowest BCUT2D eigenvalue weighted by molar-refractivity contribution is -0.870. The van der Waals surface area contributed by atoms with Gasteiger partial charge in [-0.25, -0.2) is 0 Å². The highest BCUT2D eigenvalue weighted by Crippen LogP contribution is 2.38. The second-order valence-electron chi connectivity index (χ2n) is 23.1. The summed E-state index contributed by atoms with van der Waals surface area (Å²) in [6.07, 6.45) is 90.2. The number of likely N-dealkylation sites (N-methyl/N-ethyl adjacent to an activating group) is 1. The summed E-state index contributed by atoms with van der Waals surface area (Å²) in [4.78, 5) is 25.6. The normalized spacial score (nSPS) is 14.5. The van der Waals surface area contributed by atoms with Gasteiger partial charge < -0.3 is 28.8 Å². The molecule has 8 nitrogen and oxygen atoms in total. The van der Waals surface area contributed by atoms with Gasteiger partial charge in [-0.15, -0.1) is 0 Å². The molecule has 1 amide bonds. The minimum atomic E-state index is -4.62. The van der Waals surface area contributed by atoms with Gasteiger partial charge in [0.1, 0.15) is 13.2 Å². The molecule has 0 spiro atoms. The van der Waals surface area contributed by atoms with E-state index < -0.39 is 26.6 Å². The minimum absolute atomic E-state index is 0.0126. The summed E-state index contributed by atoms with van der Waals surface area (Å²) in [5.74, 6) is -0.213. The van der Waals surface area contributed by atoms with Gasteiger partial charge in [-0.3, -0.25) is 9.36 Å². The van der Waals surface area contributed by atoms with Gasteiger partial charge in [-0.1, -0.05) is 283 Å². The molecule has 3 atom stereocenters. The van der Waals surface area contributed by atoms with Crippen molar-refractivity contribution in [3.63, 3.8) is 0 Å². The Morgan fingerprint density at radius 1 is 0.450 bits per heavy atom. The van der Waals surface area contributed by atoms with E-state index in [-0.39, 0.29) is 12.5 Å². The summed E-state index contributed by atoms with van der Waals surface area (Å²) in [5, 5.41) is 13.9. The number of allylic oxidation sites excluding steroid dienone is 19. The van der Waals surface area contributed by atoms with Gasteiger partial charge in [0.2, 0.25) is 5.91 Å². The van der Waals surface area contributed by atoms with Crippen LogP contribution in [0.4, 0.5) is 0 Å². The van der Waals surface area contributed by atoms with Crippen LogP contribution in [0, 0.1) is 0 Å². The number of rotatable bonds is 59. The van der Waals surface area contributed by atoms with Crippen LogP contribution in [0.25, 0.3) is 0 Å². The Labute approximate surface area is 494 Å². The fourth-order valence-corrected chi connectivity index (χ4v) is 9.77. The van der Waals surface area contributed by atoms with Gasteiger partial charge >= 0.3 is 0 Å². The van der Waals surface area contributed by atoms with Gasteiger partial charge in [0.25, 0.3) is 7.82 Å². The van der Waals surface area contributed by atoms with E-state index in [1.807, 2.05) is 27.2 Å². The number of phosphoric ester groups is 1. The summed E-state index contributed by atoms with van der Waals surface area (Å²) < 4.78 is 23.4. The smallest absolute Gasteiger partial charge is 0.268 e. The molecular formula is C71H125N2O6P. The van der Waals surface area contributed by atoms with Crippen LogP contribution < -0.4 is 10.2 Å². The summed E-state index contributed by atoms with van der Waals surface area (Å²) in [7, 11) is 1.23. The largest absolute Gasteiger partial charge is 0.756 e. The first-order valence-corrected chi connectivity index (χ1v) is 34.4. The van der Waals surface area contributed by atoms with Crippen molar-refractivity contribution >= 4 is 13.7 Å². The molecule has 0 aliphatic rings. The fourth-order valence-electron chi connectivity index (χ4n) is 9.05. The molecule has 0 saturated heterocycles. The Kier molecular flexibility index (Phi) is 58.1. The van der Waals surface area contributed by atoms with E-state index in [2.05, 4.69) is 129 Å². The summed E-state index contributed by atoms with van der Waals surface area (Å²) in [6, 6.07) is -0.916. The molecule has 0 bridgehead atoms. The molecule has 0 radical (unpaired) electrons. The molecule has 0 saturated carbocycles. The maximum absolute atomic E-state index is 13.0. The first-order chi connectivity index (χ1) is 39.0. The predicted octanol–water partition coefficient (Wildman–Crippen LogP) is 20.2. The number of hydrogen-bond donors (Lipinski definition) is 2. The summed E-state index contributed by atoms with van der Waals surface area (Å²) in [5.41, 5.74) is 0. The van der Waals surface area contributed by atoms with E-state index in [0.29, 0.717) is 17.4 Å². The molecule has 460 valence electrons. The average Bonchev–Trinajstić information content (AvgIpc) is 3.42. The van der Waals surface area contributed by atoms with Gasteiger partial charge in [-0.05, 0) is 103 Å². The second-order valence-corrected chi connectivity index (χ2v) is 24.5. The molecule has 0 fully saturated rings. The second kappa shape index (κ2) is 60.5. The maximum Gasteiger partial charge on any atom is 0.268 e. The van der Waals surface area contributed by atoms with Crippen molar-refractivity contribution in [2.24, 2.45) is 0 Å². The number of quaternary nitrogens is 1. The van der Waals surface area contributed by atoms with E-state index in [1.54, 1.807) is 6.08 Å². The number of aliphatic hydroxyl groups excluding tert-OH is 1. The van der Waals surface area contributed by atoms with Crippen molar-refractivity contribution in [1.29, 1.82) is 0 Å². The lowest BCUT2D eigenvalue weighted by Crippen LogP contribution is -2.45. The highest BCUT2D eigenvalue weighted by Gasteiger charge is 2.23. The molecule has 9 heteroatoms. The number of nitrogens with one attached hydrogen (secondary N) is 1. The first kappa shape index (κ1) is 76.9. The van der Waals surface area contributed by atoms with E-state index in [9.17, 15) is 19.4 Å². The third-order valence-electron chi connectivity index (χ3n) is 14.1. The molecule has 0 aliphatic heterocycles. The number of hydrogen-bond acceptors (Lipinski definition) is 6.